The number of benzene rings is 1. The van der Waals surface area contributed by atoms with Crippen LogP contribution in [0, 0.1) is 0 Å². The Morgan fingerprint density at radius 1 is 1.28 bits per heavy atom. The summed E-state index contributed by atoms with van der Waals surface area (Å²) in [6.07, 6.45) is 1.30. The molecule has 0 aliphatic heterocycles. The van der Waals surface area contributed by atoms with Crippen molar-refractivity contribution in [3.63, 3.8) is 0 Å². The highest BCUT2D eigenvalue weighted by molar-refractivity contribution is 7.99. The van der Waals surface area contributed by atoms with Gasteiger partial charge in [-0.2, -0.15) is 4.98 Å². The number of nitrogens with one attached hydrogen (secondary N) is 1. The van der Waals surface area contributed by atoms with Crippen LogP contribution in [0.25, 0.3) is 11.3 Å². The van der Waals surface area contributed by atoms with Crippen molar-refractivity contribution in [2.45, 2.75) is 5.16 Å². The predicted molar refractivity (Wildman–Crippen MR) is 101 cm³/mol. The van der Waals surface area contributed by atoms with E-state index in [1.807, 2.05) is 5.38 Å². The summed E-state index contributed by atoms with van der Waals surface area (Å²) in [4.78, 5) is 27.9. The number of nitrogens with two attached hydrogens (primary N) is 1. The number of thioether (sulfide) groups is 1. The van der Waals surface area contributed by atoms with Gasteiger partial charge in [-0.25, -0.2) is 15.0 Å². The van der Waals surface area contributed by atoms with Crippen LogP contribution in [0.15, 0.2) is 35.1 Å². The number of nitrogen functional groups attached to an aromatic ring is 1. The highest BCUT2D eigenvalue weighted by Crippen LogP contribution is 2.32. The quantitative estimate of drug-likeness (QED) is 0.616. The summed E-state index contributed by atoms with van der Waals surface area (Å²) in [7, 11) is 0. The lowest BCUT2D eigenvalue weighted by atomic mass is 10.2. The van der Waals surface area contributed by atoms with Crippen molar-refractivity contribution in [2.75, 3.05) is 16.8 Å². The Bertz CT molecular complexity index is 920. The number of aromatic nitrogens is 4. The molecule has 0 aliphatic rings. The van der Waals surface area contributed by atoms with E-state index in [2.05, 4.69) is 25.3 Å². The van der Waals surface area contributed by atoms with E-state index in [9.17, 15) is 4.79 Å². The molecule has 25 heavy (non-hydrogen) atoms. The van der Waals surface area contributed by atoms with Gasteiger partial charge >= 0.3 is 0 Å². The Labute approximate surface area is 161 Å². The molecule has 0 spiro atoms. The van der Waals surface area contributed by atoms with Gasteiger partial charge in [0.15, 0.2) is 10.3 Å². The molecule has 0 saturated heterocycles. The van der Waals surface area contributed by atoms with Crippen LogP contribution in [-0.4, -0.2) is 31.6 Å². The van der Waals surface area contributed by atoms with Crippen LogP contribution < -0.4 is 11.1 Å². The summed E-state index contributed by atoms with van der Waals surface area (Å²) in [6, 6.07) is 5.16. The van der Waals surface area contributed by atoms with Crippen molar-refractivity contribution in [2.24, 2.45) is 0 Å². The van der Waals surface area contributed by atoms with E-state index in [1.54, 1.807) is 18.2 Å². The Hall–Kier alpha value is -1.94. The Kier molecular flexibility index (Phi) is 5.69. The first-order valence-corrected chi connectivity index (χ1v) is 9.41. The minimum Gasteiger partial charge on any atom is -0.368 e. The molecule has 11 heteroatoms. The third-order valence-electron chi connectivity index (χ3n) is 2.86. The van der Waals surface area contributed by atoms with Crippen LogP contribution in [0.2, 0.25) is 10.0 Å². The molecular formula is C14H10Cl2N6OS2. The average Bonchev–Trinajstić information content (AvgIpc) is 3.01. The fourth-order valence-corrected chi connectivity index (χ4v) is 3.64. The van der Waals surface area contributed by atoms with Gasteiger partial charge in [-0.3, -0.25) is 4.79 Å². The molecule has 3 N–H and O–H groups in total. The summed E-state index contributed by atoms with van der Waals surface area (Å²) in [5.74, 6) is 0.00877. The fourth-order valence-electron chi connectivity index (χ4n) is 1.80. The molecule has 0 radical (unpaired) electrons. The van der Waals surface area contributed by atoms with Crippen molar-refractivity contribution in [3.8, 4) is 11.3 Å². The molecule has 2 aromatic heterocycles. The van der Waals surface area contributed by atoms with Crippen molar-refractivity contribution in [1.29, 1.82) is 0 Å². The highest BCUT2D eigenvalue weighted by atomic mass is 35.5. The standard InChI is InChI=1S/C14H10Cl2N6OS2/c15-7-1-2-8(9(16)3-7)10-4-24-14(20-10)21-11(23)5-25-13-19-6-18-12(17)22-13/h1-4,6H,5H2,(H,20,21,23)(H2,17,18,19,22). The number of anilines is 2. The summed E-state index contributed by atoms with van der Waals surface area (Å²) < 4.78 is 0. The number of hydrogen-bond donors (Lipinski definition) is 2. The normalized spacial score (nSPS) is 10.6. The van der Waals surface area contributed by atoms with Gasteiger partial charge < -0.3 is 11.1 Å². The van der Waals surface area contributed by atoms with E-state index in [-0.39, 0.29) is 17.6 Å². The van der Waals surface area contributed by atoms with Crippen molar-refractivity contribution < 1.29 is 4.79 Å². The van der Waals surface area contributed by atoms with Gasteiger partial charge in [0, 0.05) is 16.0 Å². The van der Waals surface area contributed by atoms with Gasteiger partial charge in [0.1, 0.15) is 6.33 Å². The third-order valence-corrected chi connectivity index (χ3v) is 5.03. The third kappa shape index (κ3) is 4.79. The summed E-state index contributed by atoms with van der Waals surface area (Å²) >= 11 is 14.5. The van der Waals surface area contributed by atoms with Gasteiger partial charge in [-0.1, -0.05) is 35.0 Å². The second kappa shape index (κ2) is 7.96. The Balaban J connectivity index is 1.62. The second-order valence-corrected chi connectivity index (χ2v) is 7.27. The molecular weight excluding hydrogens is 403 g/mol. The molecule has 3 rings (SSSR count). The van der Waals surface area contributed by atoms with Crippen molar-refractivity contribution in [3.05, 3.63) is 40.0 Å². The maximum absolute atomic E-state index is 12.0. The van der Waals surface area contributed by atoms with Gasteiger partial charge in [0.25, 0.3) is 0 Å². The van der Waals surface area contributed by atoms with Crippen LogP contribution in [0.4, 0.5) is 11.1 Å². The number of carbonyl (C=O) groups excluding carboxylic acids is 1. The van der Waals surface area contributed by atoms with Crippen molar-refractivity contribution in [1.82, 2.24) is 19.9 Å². The van der Waals surface area contributed by atoms with E-state index in [4.69, 9.17) is 28.9 Å². The van der Waals surface area contributed by atoms with Crippen LogP contribution in [0.5, 0.6) is 0 Å². The van der Waals surface area contributed by atoms with Crippen molar-refractivity contribution >= 4 is 63.3 Å². The second-order valence-electron chi connectivity index (χ2n) is 4.63. The maximum atomic E-state index is 12.0. The maximum Gasteiger partial charge on any atom is 0.236 e. The van der Waals surface area contributed by atoms with Gasteiger partial charge in [0.05, 0.1) is 16.5 Å². The molecule has 128 valence electrons. The number of thiazole rings is 1. The largest absolute Gasteiger partial charge is 0.368 e. The SMILES string of the molecule is Nc1ncnc(SCC(=O)Nc2nc(-c3ccc(Cl)cc3Cl)cs2)n1. The molecule has 0 fully saturated rings. The summed E-state index contributed by atoms with van der Waals surface area (Å²) in [5.41, 5.74) is 6.88. The first kappa shape index (κ1) is 17.9. The lowest BCUT2D eigenvalue weighted by molar-refractivity contribution is -0.113. The molecule has 0 bridgehead atoms. The van der Waals surface area contributed by atoms with Gasteiger partial charge in [-0.05, 0) is 18.2 Å². The molecule has 0 aliphatic carbocycles. The van der Waals surface area contributed by atoms with Crippen LogP contribution in [-0.2, 0) is 4.79 Å². The number of carbonyl (C=O) groups is 1. The smallest absolute Gasteiger partial charge is 0.236 e. The lowest BCUT2D eigenvalue weighted by Crippen LogP contribution is -2.14. The zero-order valence-electron chi connectivity index (χ0n) is 12.4. The average molecular weight is 413 g/mol. The molecule has 2 heterocycles. The first-order valence-electron chi connectivity index (χ1n) is 6.79. The minimum atomic E-state index is -0.230. The fraction of sp³-hybridized carbons (Fsp3) is 0.0714. The first-order chi connectivity index (χ1) is 12.0. The van der Waals surface area contributed by atoms with Crippen LogP contribution in [0.1, 0.15) is 0 Å². The number of halogens is 2. The van der Waals surface area contributed by atoms with E-state index in [0.717, 1.165) is 17.3 Å². The molecule has 1 amide bonds. The molecule has 3 aromatic rings. The van der Waals surface area contributed by atoms with E-state index >= 15 is 0 Å². The van der Waals surface area contributed by atoms with E-state index in [1.165, 1.54) is 17.7 Å². The molecule has 7 nitrogen and oxygen atoms in total. The number of amides is 1. The molecule has 0 saturated carbocycles. The molecule has 0 atom stereocenters. The Morgan fingerprint density at radius 3 is 2.88 bits per heavy atom. The van der Waals surface area contributed by atoms with Crippen LogP contribution in [0.3, 0.4) is 0 Å². The summed E-state index contributed by atoms with van der Waals surface area (Å²) in [5, 5.41) is 6.44. The van der Waals surface area contributed by atoms with Gasteiger partial charge in [-0.15, -0.1) is 11.3 Å². The highest BCUT2D eigenvalue weighted by Gasteiger charge is 2.12. The predicted octanol–water partition coefficient (Wildman–Crippen LogP) is 3.61. The minimum absolute atomic E-state index is 0.113. The number of hydrogen-bond acceptors (Lipinski definition) is 8. The van der Waals surface area contributed by atoms with E-state index in [0.29, 0.717) is 26.0 Å². The van der Waals surface area contributed by atoms with Gasteiger partial charge in [0.2, 0.25) is 11.9 Å². The molecule has 1 aromatic carbocycles. The van der Waals surface area contributed by atoms with Crippen LogP contribution >= 0.6 is 46.3 Å². The lowest BCUT2D eigenvalue weighted by Gasteiger charge is -2.02. The van der Waals surface area contributed by atoms with E-state index < -0.39 is 0 Å². The summed E-state index contributed by atoms with van der Waals surface area (Å²) in [6.45, 7) is 0. The Morgan fingerprint density at radius 2 is 2.12 bits per heavy atom. The zero-order chi connectivity index (χ0) is 17.8. The topological polar surface area (TPSA) is 107 Å². The number of nitrogens with zero attached hydrogens (tertiary/aromatic N) is 4. The number of rotatable bonds is 5. The zero-order valence-corrected chi connectivity index (χ0v) is 15.6. The molecule has 0 unspecified atom stereocenters. The monoisotopic (exact) mass is 412 g/mol.